The van der Waals surface area contributed by atoms with Crippen LogP contribution in [0.3, 0.4) is 0 Å². The van der Waals surface area contributed by atoms with E-state index in [-0.39, 0.29) is 17.3 Å². The number of rotatable bonds is 11. The molecule has 0 radical (unpaired) electrons. The Labute approximate surface area is 259 Å². The standard InChI is InChI=1S/C40H55F3/c1-3-5-6-8-27-13-16-29(17-14-27)30-19-21-31(22-20-30)34-25-35-33-24-23-32(38(41)36(33)37(35)40(43)39(34)42)18-15-28-11-9-26(7-4-2)10-12-28/h23-31H,3-22H2,1-2H3. The van der Waals surface area contributed by atoms with Gasteiger partial charge in [-0.1, -0.05) is 103 Å². The minimum atomic E-state index is -0.825. The Bertz CT molecular complexity index is 1220. The molecular weight excluding hydrogens is 537 g/mol. The topological polar surface area (TPSA) is 0 Å². The zero-order valence-corrected chi connectivity index (χ0v) is 27.0. The first kappa shape index (κ1) is 31.2. The number of benzene rings is 2. The predicted molar refractivity (Wildman–Crippen MR) is 174 cm³/mol. The van der Waals surface area contributed by atoms with E-state index < -0.39 is 11.6 Å². The van der Waals surface area contributed by atoms with E-state index in [0.29, 0.717) is 34.6 Å². The molecule has 2 aromatic carbocycles. The number of aryl methyl sites for hydroxylation is 1. The highest BCUT2D eigenvalue weighted by Gasteiger charge is 2.37. The molecule has 3 heteroatoms. The second-order valence-electron chi connectivity index (χ2n) is 15.1. The molecule has 0 saturated heterocycles. The Morgan fingerprint density at radius 2 is 1.14 bits per heavy atom. The van der Waals surface area contributed by atoms with Crippen molar-refractivity contribution in [2.75, 3.05) is 0 Å². The molecule has 0 aromatic heterocycles. The van der Waals surface area contributed by atoms with Crippen molar-refractivity contribution in [3.05, 3.63) is 46.8 Å². The zero-order chi connectivity index (χ0) is 29.9. The Morgan fingerprint density at radius 3 is 1.79 bits per heavy atom. The first-order chi connectivity index (χ1) is 21.0. The lowest BCUT2D eigenvalue weighted by Gasteiger charge is -2.38. The summed E-state index contributed by atoms with van der Waals surface area (Å²) in [6.45, 7) is 4.54. The molecule has 0 unspecified atom stereocenters. The van der Waals surface area contributed by atoms with E-state index >= 15 is 13.2 Å². The number of hydrogen-bond donors (Lipinski definition) is 0. The number of halogens is 3. The molecule has 0 amide bonds. The maximum Gasteiger partial charge on any atom is 0.167 e. The second kappa shape index (κ2) is 14.1. The highest BCUT2D eigenvalue weighted by molar-refractivity contribution is 6.03. The van der Waals surface area contributed by atoms with Crippen molar-refractivity contribution in [2.24, 2.45) is 29.6 Å². The molecule has 4 aliphatic rings. The largest absolute Gasteiger partial charge is 0.206 e. The maximum absolute atomic E-state index is 15.7. The lowest BCUT2D eigenvalue weighted by atomic mass is 9.67. The molecule has 43 heavy (non-hydrogen) atoms. The summed E-state index contributed by atoms with van der Waals surface area (Å²) in [4.78, 5) is 0. The summed E-state index contributed by atoms with van der Waals surface area (Å²) in [5, 5.41) is 0. The summed E-state index contributed by atoms with van der Waals surface area (Å²) < 4.78 is 46.9. The highest BCUT2D eigenvalue weighted by Crippen LogP contribution is 2.54. The van der Waals surface area contributed by atoms with E-state index in [4.69, 9.17) is 0 Å². The van der Waals surface area contributed by atoms with Crippen LogP contribution in [0.4, 0.5) is 13.2 Å². The lowest BCUT2D eigenvalue weighted by Crippen LogP contribution is -2.26. The van der Waals surface area contributed by atoms with E-state index in [0.717, 1.165) is 61.3 Å². The van der Waals surface area contributed by atoms with Crippen LogP contribution in [0, 0.1) is 47.0 Å². The third kappa shape index (κ3) is 6.62. The van der Waals surface area contributed by atoms with Crippen molar-refractivity contribution in [1.29, 1.82) is 0 Å². The number of unbranched alkanes of at least 4 members (excludes halogenated alkanes) is 2. The second-order valence-corrected chi connectivity index (χ2v) is 15.1. The van der Waals surface area contributed by atoms with Gasteiger partial charge in [-0.25, -0.2) is 13.2 Å². The van der Waals surface area contributed by atoms with Gasteiger partial charge in [0.1, 0.15) is 5.82 Å². The fraction of sp³-hybridized carbons (Fsp3) is 0.700. The van der Waals surface area contributed by atoms with Crippen molar-refractivity contribution in [2.45, 2.75) is 148 Å². The van der Waals surface area contributed by atoms with Crippen LogP contribution in [-0.4, -0.2) is 0 Å². The minimum absolute atomic E-state index is 0.0713. The summed E-state index contributed by atoms with van der Waals surface area (Å²) in [5.74, 6) is 2.21. The monoisotopic (exact) mass is 592 g/mol. The van der Waals surface area contributed by atoms with Crippen molar-refractivity contribution in [1.82, 2.24) is 0 Å². The molecule has 4 aliphatic carbocycles. The molecular formula is C40H55F3. The van der Waals surface area contributed by atoms with Crippen molar-refractivity contribution < 1.29 is 13.2 Å². The van der Waals surface area contributed by atoms with Crippen molar-refractivity contribution >= 4 is 0 Å². The zero-order valence-electron chi connectivity index (χ0n) is 27.0. The molecule has 0 nitrogen and oxygen atoms in total. The molecule has 3 saturated carbocycles. The van der Waals surface area contributed by atoms with Gasteiger partial charge in [0.2, 0.25) is 0 Å². The van der Waals surface area contributed by atoms with Gasteiger partial charge in [0.25, 0.3) is 0 Å². The van der Waals surface area contributed by atoms with E-state index in [1.807, 2.05) is 18.2 Å². The Balaban J connectivity index is 1.05. The predicted octanol–water partition coefficient (Wildman–Crippen LogP) is 13.0. The summed E-state index contributed by atoms with van der Waals surface area (Å²) >= 11 is 0. The first-order valence-corrected chi connectivity index (χ1v) is 18.3. The third-order valence-electron chi connectivity index (χ3n) is 12.5. The summed E-state index contributed by atoms with van der Waals surface area (Å²) in [5.41, 5.74) is 3.17. The Morgan fingerprint density at radius 1 is 0.558 bits per heavy atom. The quantitative estimate of drug-likeness (QED) is 0.194. The molecule has 0 aliphatic heterocycles. The Kier molecular flexibility index (Phi) is 10.2. The minimum Gasteiger partial charge on any atom is -0.206 e. The molecule has 2 aromatic rings. The molecule has 6 rings (SSSR count). The fourth-order valence-corrected chi connectivity index (χ4v) is 9.73. The van der Waals surface area contributed by atoms with Crippen LogP contribution in [0.1, 0.15) is 153 Å². The van der Waals surface area contributed by atoms with Gasteiger partial charge >= 0.3 is 0 Å². The molecule has 0 atom stereocenters. The van der Waals surface area contributed by atoms with Crippen LogP contribution in [0.15, 0.2) is 18.2 Å². The smallest absolute Gasteiger partial charge is 0.167 e. The van der Waals surface area contributed by atoms with Crippen LogP contribution >= 0.6 is 0 Å². The van der Waals surface area contributed by atoms with E-state index in [2.05, 4.69) is 13.8 Å². The molecule has 0 N–H and O–H groups in total. The van der Waals surface area contributed by atoms with Crippen LogP contribution in [0.25, 0.3) is 22.3 Å². The van der Waals surface area contributed by atoms with Crippen LogP contribution in [0.5, 0.6) is 0 Å². The molecule has 3 fully saturated rings. The number of fused-ring (bicyclic) bond motifs is 4. The van der Waals surface area contributed by atoms with Gasteiger partial charge < -0.3 is 0 Å². The van der Waals surface area contributed by atoms with Crippen LogP contribution in [0.2, 0.25) is 0 Å². The maximum atomic E-state index is 15.7. The highest BCUT2D eigenvalue weighted by atomic mass is 19.2. The molecule has 236 valence electrons. The van der Waals surface area contributed by atoms with Crippen molar-refractivity contribution in [3.63, 3.8) is 0 Å². The average molecular weight is 593 g/mol. The molecule has 0 bridgehead atoms. The molecule has 0 spiro atoms. The summed E-state index contributed by atoms with van der Waals surface area (Å²) in [6, 6.07) is 5.74. The summed E-state index contributed by atoms with van der Waals surface area (Å²) in [7, 11) is 0. The SMILES string of the molecule is CCCCCC1CCC(C2CCC(c3cc4c(c(F)c3F)-c3c-4ccc(CCC4CCC(CCC)CC4)c3F)CC2)CC1. The van der Waals surface area contributed by atoms with Gasteiger partial charge in [-0.05, 0) is 115 Å². The van der Waals surface area contributed by atoms with Crippen molar-refractivity contribution in [3.8, 4) is 22.3 Å². The normalized spacial score (nSPS) is 28.7. The number of hydrogen-bond acceptors (Lipinski definition) is 0. The van der Waals surface area contributed by atoms with E-state index in [1.54, 1.807) is 0 Å². The fourth-order valence-electron chi connectivity index (χ4n) is 9.73. The first-order valence-electron chi connectivity index (χ1n) is 18.3. The van der Waals surface area contributed by atoms with Gasteiger partial charge in [0.05, 0.1) is 0 Å². The Hall–Kier alpha value is -1.77. The third-order valence-corrected chi connectivity index (χ3v) is 12.5. The lowest BCUT2D eigenvalue weighted by molar-refractivity contribution is 0.155. The van der Waals surface area contributed by atoms with Gasteiger partial charge in [-0.2, -0.15) is 0 Å². The van der Waals surface area contributed by atoms with Crippen LogP contribution in [-0.2, 0) is 6.42 Å². The van der Waals surface area contributed by atoms with Gasteiger partial charge in [-0.15, -0.1) is 0 Å². The van der Waals surface area contributed by atoms with Crippen LogP contribution < -0.4 is 0 Å². The van der Waals surface area contributed by atoms with Gasteiger partial charge in [0.15, 0.2) is 11.6 Å². The van der Waals surface area contributed by atoms with E-state index in [1.165, 1.54) is 89.9 Å². The van der Waals surface area contributed by atoms with E-state index in [9.17, 15) is 0 Å². The van der Waals surface area contributed by atoms with Gasteiger partial charge in [0, 0.05) is 11.1 Å². The summed E-state index contributed by atoms with van der Waals surface area (Å²) in [6.07, 6.45) is 24.4. The molecule has 0 heterocycles. The van der Waals surface area contributed by atoms with Gasteiger partial charge in [-0.3, -0.25) is 0 Å². The average Bonchev–Trinajstić information content (AvgIpc) is 3.02.